The average molecular weight is 237 g/mol. The number of hydrogen-bond acceptors (Lipinski definition) is 3. The fraction of sp³-hybridized carbons (Fsp3) is 0.615. The number of aromatic nitrogens is 1. The number of pyridine rings is 1. The molecule has 17 heavy (non-hydrogen) atoms. The van der Waals surface area contributed by atoms with E-state index >= 15 is 0 Å². The minimum Gasteiger partial charge on any atom is -0.367 e. The SMILES string of the molecule is CC(Nc1cccc(F)n1)C1CCN(C)CC1. The van der Waals surface area contributed by atoms with Crippen LogP contribution in [0.3, 0.4) is 0 Å². The lowest BCUT2D eigenvalue weighted by atomic mass is 9.90. The van der Waals surface area contributed by atoms with Gasteiger partial charge in [0.05, 0.1) is 0 Å². The molecule has 1 N–H and O–H groups in total. The number of anilines is 1. The normalized spacial score (nSPS) is 20.2. The molecule has 1 fully saturated rings. The topological polar surface area (TPSA) is 28.2 Å². The van der Waals surface area contributed by atoms with Crippen LogP contribution in [0.2, 0.25) is 0 Å². The maximum atomic E-state index is 13.0. The van der Waals surface area contributed by atoms with Gasteiger partial charge in [-0.2, -0.15) is 4.39 Å². The van der Waals surface area contributed by atoms with E-state index in [9.17, 15) is 4.39 Å². The van der Waals surface area contributed by atoms with E-state index in [-0.39, 0.29) is 0 Å². The summed E-state index contributed by atoms with van der Waals surface area (Å²) in [6, 6.07) is 5.21. The van der Waals surface area contributed by atoms with Crippen molar-refractivity contribution in [1.82, 2.24) is 9.88 Å². The Labute approximate surface area is 102 Å². The zero-order chi connectivity index (χ0) is 12.3. The first-order chi connectivity index (χ1) is 8.15. The molecule has 1 saturated heterocycles. The second kappa shape index (κ2) is 5.45. The summed E-state index contributed by atoms with van der Waals surface area (Å²) in [5.74, 6) is 0.860. The Morgan fingerprint density at radius 2 is 2.12 bits per heavy atom. The summed E-state index contributed by atoms with van der Waals surface area (Å²) >= 11 is 0. The Morgan fingerprint density at radius 3 is 2.76 bits per heavy atom. The summed E-state index contributed by atoms with van der Waals surface area (Å²) in [5, 5.41) is 3.30. The monoisotopic (exact) mass is 237 g/mol. The third kappa shape index (κ3) is 3.40. The summed E-state index contributed by atoms with van der Waals surface area (Å²) in [7, 11) is 2.16. The molecule has 0 aliphatic carbocycles. The third-order valence-electron chi connectivity index (χ3n) is 3.56. The van der Waals surface area contributed by atoms with Crippen molar-refractivity contribution in [2.24, 2.45) is 5.92 Å². The molecule has 1 unspecified atom stereocenters. The standard InChI is InChI=1S/C13H20FN3/c1-10(11-6-8-17(2)9-7-11)15-13-5-3-4-12(14)16-13/h3-5,10-11H,6-9H2,1-2H3,(H,15,16). The smallest absolute Gasteiger partial charge is 0.214 e. The quantitative estimate of drug-likeness (QED) is 0.818. The molecule has 0 bridgehead atoms. The van der Waals surface area contributed by atoms with E-state index in [1.165, 1.54) is 18.9 Å². The first-order valence-corrected chi connectivity index (χ1v) is 6.23. The van der Waals surface area contributed by atoms with Crippen molar-refractivity contribution in [3.63, 3.8) is 0 Å². The number of nitrogens with zero attached hydrogens (tertiary/aromatic N) is 2. The largest absolute Gasteiger partial charge is 0.367 e. The molecule has 94 valence electrons. The molecule has 0 aromatic carbocycles. The highest BCUT2D eigenvalue weighted by Crippen LogP contribution is 2.21. The number of piperidine rings is 1. The number of likely N-dealkylation sites (tertiary alicyclic amines) is 1. The van der Waals surface area contributed by atoms with Crippen LogP contribution < -0.4 is 5.32 Å². The summed E-state index contributed by atoms with van der Waals surface area (Å²) < 4.78 is 13.0. The van der Waals surface area contributed by atoms with E-state index in [0.717, 1.165) is 13.1 Å². The van der Waals surface area contributed by atoms with Crippen molar-refractivity contribution in [2.75, 3.05) is 25.5 Å². The maximum Gasteiger partial charge on any atom is 0.214 e. The van der Waals surface area contributed by atoms with E-state index in [1.54, 1.807) is 6.07 Å². The van der Waals surface area contributed by atoms with Crippen molar-refractivity contribution >= 4 is 5.82 Å². The second-order valence-electron chi connectivity index (χ2n) is 4.92. The summed E-state index contributed by atoms with van der Waals surface area (Å²) in [6.07, 6.45) is 2.39. The maximum absolute atomic E-state index is 13.0. The van der Waals surface area contributed by atoms with Crippen LogP contribution in [0.25, 0.3) is 0 Å². The minimum absolute atomic E-state index is 0.345. The molecule has 2 rings (SSSR count). The third-order valence-corrected chi connectivity index (χ3v) is 3.56. The molecule has 0 saturated carbocycles. The molecule has 1 aromatic rings. The first kappa shape index (κ1) is 12.3. The van der Waals surface area contributed by atoms with Gasteiger partial charge in [-0.05, 0) is 58.0 Å². The summed E-state index contributed by atoms with van der Waals surface area (Å²) in [5.41, 5.74) is 0. The van der Waals surface area contributed by atoms with Crippen molar-refractivity contribution in [3.8, 4) is 0 Å². The first-order valence-electron chi connectivity index (χ1n) is 6.23. The molecular formula is C13H20FN3. The number of halogens is 1. The van der Waals surface area contributed by atoms with E-state index in [4.69, 9.17) is 0 Å². The Hall–Kier alpha value is -1.16. The van der Waals surface area contributed by atoms with Crippen LogP contribution in [0.15, 0.2) is 18.2 Å². The van der Waals surface area contributed by atoms with Crippen molar-refractivity contribution in [3.05, 3.63) is 24.1 Å². The van der Waals surface area contributed by atoms with E-state index in [1.807, 2.05) is 6.07 Å². The van der Waals surface area contributed by atoms with Crippen LogP contribution in [0.1, 0.15) is 19.8 Å². The lowest BCUT2D eigenvalue weighted by Crippen LogP contribution is -2.37. The Bertz CT molecular complexity index is 361. The summed E-state index contributed by atoms with van der Waals surface area (Å²) in [4.78, 5) is 6.19. The minimum atomic E-state index is -0.425. The van der Waals surface area contributed by atoms with Crippen LogP contribution in [0.5, 0.6) is 0 Å². The van der Waals surface area contributed by atoms with Gasteiger partial charge < -0.3 is 10.2 Å². The zero-order valence-electron chi connectivity index (χ0n) is 10.5. The predicted molar refractivity (Wildman–Crippen MR) is 67.5 cm³/mol. The van der Waals surface area contributed by atoms with Crippen LogP contribution in [-0.2, 0) is 0 Å². The molecule has 1 atom stereocenters. The zero-order valence-corrected chi connectivity index (χ0v) is 10.5. The van der Waals surface area contributed by atoms with Gasteiger partial charge >= 0.3 is 0 Å². The van der Waals surface area contributed by atoms with E-state index < -0.39 is 5.95 Å². The lowest BCUT2D eigenvalue weighted by Gasteiger charge is -2.33. The van der Waals surface area contributed by atoms with Crippen molar-refractivity contribution in [1.29, 1.82) is 0 Å². The van der Waals surface area contributed by atoms with Gasteiger partial charge in [0.2, 0.25) is 5.95 Å². The molecule has 0 spiro atoms. The molecule has 1 aliphatic rings. The molecule has 3 nitrogen and oxygen atoms in total. The fourth-order valence-corrected chi connectivity index (χ4v) is 2.37. The predicted octanol–water partition coefficient (Wildman–Crippen LogP) is 2.36. The van der Waals surface area contributed by atoms with Gasteiger partial charge in [-0.3, -0.25) is 0 Å². The number of hydrogen-bond donors (Lipinski definition) is 1. The highest BCUT2D eigenvalue weighted by molar-refractivity contribution is 5.34. The van der Waals surface area contributed by atoms with Gasteiger partial charge in [-0.15, -0.1) is 0 Å². The second-order valence-corrected chi connectivity index (χ2v) is 4.92. The van der Waals surface area contributed by atoms with Crippen molar-refractivity contribution in [2.45, 2.75) is 25.8 Å². The van der Waals surface area contributed by atoms with E-state index in [0.29, 0.717) is 17.8 Å². The van der Waals surface area contributed by atoms with Gasteiger partial charge in [-0.25, -0.2) is 4.98 Å². The molecule has 2 heterocycles. The van der Waals surface area contributed by atoms with Gasteiger partial charge in [0.1, 0.15) is 5.82 Å². The molecule has 0 amide bonds. The fourth-order valence-electron chi connectivity index (χ4n) is 2.37. The van der Waals surface area contributed by atoms with E-state index in [2.05, 4.69) is 29.2 Å². The van der Waals surface area contributed by atoms with Crippen LogP contribution >= 0.6 is 0 Å². The Balaban J connectivity index is 1.90. The van der Waals surface area contributed by atoms with Crippen LogP contribution in [0, 0.1) is 11.9 Å². The summed E-state index contributed by atoms with van der Waals surface area (Å²) in [6.45, 7) is 4.45. The highest BCUT2D eigenvalue weighted by Gasteiger charge is 2.22. The van der Waals surface area contributed by atoms with Gasteiger partial charge in [0.25, 0.3) is 0 Å². The number of nitrogens with one attached hydrogen (secondary N) is 1. The molecule has 1 aliphatic heterocycles. The molecule has 1 aromatic heterocycles. The van der Waals surface area contributed by atoms with Crippen LogP contribution in [0.4, 0.5) is 10.2 Å². The highest BCUT2D eigenvalue weighted by atomic mass is 19.1. The van der Waals surface area contributed by atoms with Gasteiger partial charge in [-0.1, -0.05) is 6.07 Å². The van der Waals surface area contributed by atoms with Gasteiger partial charge in [0.15, 0.2) is 0 Å². The Morgan fingerprint density at radius 1 is 1.41 bits per heavy atom. The van der Waals surface area contributed by atoms with Crippen molar-refractivity contribution < 1.29 is 4.39 Å². The van der Waals surface area contributed by atoms with Gasteiger partial charge in [0, 0.05) is 6.04 Å². The molecule has 0 radical (unpaired) electrons. The Kier molecular flexibility index (Phi) is 3.94. The number of rotatable bonds is 3. The lowest BCUT2D eigenvalue weighted by molar-refractivity contribution is 0.208. The average Bonchev–Trinajstić information content (AvgIpc) is 2.29. The molecule has 4 heteroatoms. The molecular weight excluding hydrogens is 217 g/mol. The van der Waals surface area contributed by atoms with Crippen LogP contribution in [-0.4, -0.2) is 36.1 Å².